The zero-order valence-electron chi connectivity index (χ0n) is 6.47. The molecule has 0 unspecified atom stereocenters. The Balaban J connectivity index is 2.12. The van der Waals surface area contributed by atoms with E-state index < -0.39 is 0 Å². The average Bonchev–Trinajstić information content (AvgIpc) is 2.29. The molecule has 0 radical (unpaired) electrons. The van der Waals surface area contributed by atoms with Crippen LogP contribution in [0.3, 0.4) is 0 Å². The lowest BCUT2D eigenvalue weighted by atomic mass is 9.74. The summed E-state index contributed by atoms with van der Waals surface area (Å²) >= 11 is 3.47. The molecule has 1 aromatic rings. The first-order chi connectivity index (χ1) is 5.27. The molecule has 60 valence electrons. The largest absolute Gasteiger partial charge is 0.281 e. The number of aromatic nitrogens is 2. The summed E-state index contributed by atoms with van der Waals surface area (Å²) in [6, 6.07) is 0. The van der Waals surface area contributed by atoms with Crippen LogP contribution in [0.25, 0.3) is 0 Å². The SMILES string of the molecule is CC1CC(c2[nH]ncc2Br)C1. The normalized spacial score (nSPS) is 30.0. The van der Waals surface area contributed by atoms with Crippen molar-refractivity contribution < 1.29 is 0 Å². The third kappa shape index (κ3) is 1.22. The summed E-state index contributed by atoms with van der Waals surface area (Å²) in [7, 11) is 0. The van der Waals surface area contributed by atoms with Gasteiger partial charge in [0.25, 0.3) is 0 Å². The van der Waals surface area contributed by atoms with Crippen LogP contribution >= 0.6 is 15.9 Å². The predicted molar refractivity (Wildman–Crippen MR) is 47.4 cm³/mol. The minimum absolute atomic E-state index is 0.724. The van der Waals surface area contributed by atoms with Crippen molar-refractivity contribution in [1.29, 1.82) is 0 Å². The van der Waals surface area contributed by atoms with E-state index in [-0.39, 0.29) is 0 Å². The van der Waals surface area contributed by atoms with E-state index in [0.717, 1.165) is 16.3 Å². The van der Waals surface area contributed by atoms with Crippen molar-refractivity contribution in [3.05, 3.63) is 16.4 Å². The van der Waals surface area contributed by atoms with Crippen LogP contribution in [-0.4, -0.2) is 10.2 Å². The molecule has 1 heterocycles. The van der Waals surface area contributed by atoms with Gasteiger partial charge in [0.05, 0.1) is 16.4 Å². The quantitative estimate of drug-likeness (QED) is 0.766. The fraction of sp³-hybridized carbons (Fsp3) is 0.625. The van der Waals surface area contributed by atoms with Gasteiger partial charge in [-0.25, -0.2) is 0 Å². The van der Waals surface area contributed by atoms with E-state index in [9.17, 15) is 0 Å². The first-order valence-electron chi connectivity index (χ1n) is 3.96. The molecule has 3 heteroatoms. The summed E-state index contributed by atoms with van der Waals surface area (Å²) in [5.41, 5.74) is 1.28. The lowest BCUT2D eigenvalue weighted by Gasteiger charge is -2.31. The van der Waals surface area contributed by atoms with E-state index in [4.69, 9.17) is 0 Å². The maximum absolute atomic E-state index is 3.98. The van der Waals surface area contributed by atoms with E-state index in [1.165, 1.54) is 18.5 Å². The highest BCUT2D eigenvalue weighted by atomic mass is 79.9. The molecule has 1 aliphatic rings. The van der Waals surface area contributed by atoms with Crippen LogP contribution in [0.15, 0.2) is 10.7 Å². The van der Waals surface area contributed by atoms with Gasteiger partial charge in [0.1, 0.15) is 0 Å². The molecule has 1 saturated carbocycles. The van der Waals surface area contributed by atoms with Crippen LogP contribution in [-0.2, 0) is 0 Å². The third-order valence-corrected chi connectivity index (χ3v) is 3.03. The molecule has 0 aromatic carbocycles. The van der Waals surface area contributed by atoms with Crippen LogP contribution in [0.4, 0.5) is 0 Å². The average molecular weight is 215 g/mol. The molecule has 0 amide bonds. The Morgan fingerprint density at radius 3 is 2.82 bits per heavy atom. The van der Waals surface area contributed by atoms with E-state index in [1.807, 2.05) is 6.20 Å². The van der Waals surface area contributed by atoms with Gasteiger partial charge in [-0.3, -0.25) is 5.10 Å². The van der Waals surface area contributed by atoms with Crippen molar-refractivity contribution in [2.75, 3.05) is 0 Å². The molecule has 1 fully saturated rings. The summed E-state index contributed by atoms with van der Waals surface area (Å²) in [6.07, 6.45) is 4.44. The predicted octanol–water partition coefficient (Wildman–Crippen LogP) is 2.69. The molecule has 0 atom stereocenters. The number of H-pyrrole nitrogens is 1. The summed E-state index contributed by atoms with van der Waals surface area (Å²) in [6.45, 7) is 2.29. The van der Waals surface area contributed by atoms with E-state index in [0.29, 0.717) is 0 Å². The highest BCUT2D eigenvalue weighted by Crippen LogP contribution is 2.42. The van der Waals surface area contributed by atoms with Crippen molar-refractivity contribution in [3.63, 3.8) is 0 Å². The standard InChI is InChI=1S/C8H11BrN2/c1-5-2-6(3-5)8-7(9)4-10-11-8/h4-6H,2-3H2,1H3,(H,10,11). The number of hydrogen-bond acceptors (Lipinski definition) is 1. The van der Waals surface area contributed by atoms with Gasteiger partial charge in [-0.2, -0.15) is 5.10 Å². The molecule has 1 N–H and O–H groups in total. The highest BCUT2D eigenvalue weighted by Gasteiger charge is 2.29. The van der Waals surface area contributed by atoms with Gasteiger partial charge in [-0.15, -0.1) is 0 Å². The van der Waals surface area contributed by atoms with Crippen molar-refractivity contribution in [3.8, 4) is 0 Å². The molecule has 0 saturated heterocycles. The van der Waals surface area contributed by atoms with Gasteiger partial charge in [0.2, 0.25) is 0 Å². The zero-order chi connectivity index (χ0) is 7.84. The Morgan fingerprint density at radius 2 is 2.36 bits per heavy atom. The summed E-state index contributed by atoms with van der Waals surface area (Å²) in [5.74, 6) is 1.62. The molecule has 2 nitrogen and oxygen atoms in total. The highest BCUT2D eigenvalue weighted by molar-refractivity contribution is 9.10. The van der Waals surface area contributed by atoms with E-state index >= 15 is 0 Å². The molecule has 1 aromatic heterocycles. The first kappa shape index (κ1) is 7.35. The van der Waals surface area contributed by atoms with Gasteiger partial charge in [-0.05, 0) is 34.7 Å². The van der Waals surface area contributed by atoms with Crippen LogP contribution in [0.2, 0.25) is 0 Å². The molecular formula is C8H11BrN2. The number of halogens is 1. The maximum atomic E-state index is 3.98. The Bertz CT molecular complexity index is 250. The van der Waals surface area contributed by atoms with Crippen LogP contribution < -0.4 is 0 Å². The number of hydrogen-bond donors (Lipinski definition) is 1. The fourth-order valence-corrected chi connectivity index (χ4v) is 2.22. The zero-order valence-corrected chi connectivity index (χ0v) is 8.06. The van der Waals surface area contributed by atoms with Gasteiger partial charge in [0, 0.05) is 5.92 Å². The van der Waals surface area contributed by atoms with Crippen molar-refractivity contribution >= 4 is 15.9 Å². The maximum Gasteiger partial charge on any atom is 0.0632 e. The van der Waals surface area contributed by atoms with Crippen LogP contribution in [0, 0.1) is 5.92 Å². The Labute approximate surface area is 74.5 Å². The number of nitrogens with one attached hydrogen (secondary N) is 1. The Hall–Kier alpha value is -0.310. The molecule has 0 spiro atoms. The minimum atomic E-state index is 0.724. The Morgan fingerprint density at radius 1 is 1.64 bits per heavy atom. The second-order valence-electron chi connectivity index (χ2n) is 3.41. The monoisotopic (exact) mass is 214 g/mol. The summed E-state index contributed by atoms with van der Waals surface area (Å²) < 4.78 is 1.13. The molecule has 11 heavy (non-hydrogen) atoms. The van der Waals surface area contributed by atoms with Crippen molar-refractivity contribution in [1.82, 2.24) is 10.2 Å². The molecule has 2 rings (SSSR count). The molecular weight excluding hydrogens is 204 g/mol. The van der Waals surface area contributed by atoms with Crippen molar-refractivity contribution in [2.45, 2.75) is 25.7 Å². The number of aromatic amines is 1. The Kier molecular flexibility index (Phi) is 1.75. The van der Waals surface area contributed by atoms with Gasteiger partial charge >= 0.3 is 0 Å². The van der Waals surface area contributed by atoms with Crippen LogP contribution in [0.5, 0.6) is 0 Å². The van der Waals surface area contributed by atoms with Crippen LogP contribution in [0.1, 0.15) is 31.4 Å². The number of nitrogens with zero attached hydrogens (tertiary/aromatic N) is 1. The lowest BCUT2D eigenvalue weighted by Crippen LogP contribution is -2.19. The fourth-order valence-electron chi connectivity index (χ4n) is 1.71. The van der Waals surface area contributed by atoms with E-state index in [2.05, 4.69) is 33.1 Å². The topological polar surface area (TPSA) is 28.7 Å². The van der Waals surface area contributed by atoms with Gasteiger partial charge < -0.3 is 0 Å². The van der Waals surface area contributed by atoms with Gasteiger partial charge in [0.15, 0.2) is 0 Å². The first-order valence-corrected chi connectivity index (χ1v) is 4.75. The lowest BCUT2D eigenvalue weighted by molar-refractivity contribution is 0.282. The second-order valence-corrected chi connectivity index (χ2v) is 4.26. The minimum Gasteiger partial charge on any atom is -0.281 e. The summed E-state index contributed by atoms with van der Waals surface area (Å²) in [4.78, 5) is 0. The third-order valence-electron chi connectivity index (χ3n) is 2.40. The smallest absolute Gasteiger partial charge is 0.0632 e. The molecule has 1 aliphatic carbocycles. The second kappa shape index (κ2) is 2.63. The van der Waals surface area contributed by atoms with E-state index in [1.54, 1.807) is 0 Å². The molecule has 0 aliphatic heterocycles. The van der Waals surface area contributed by atoms with Gasteiger partial charge in [-0.1, -0.05) is 6.92 Å². The molecule has 0 bridgehead atoms. The summed E-state index contributed by atoms with van der Waals surface area (Å²) in [5, 5.41) is 7.01. The number of rotatable bonds is 1. The van der Waals surface area contributed by atoms with Crippen molar-refractivity contribution in [2.24, 2.45) is 5.92 Å².